The molecule has 0 radical (unpaired) electrons. The molecule has 0 saturated carbocycles. The highest BCUT2D eigenvalue weighted by molar-refractivity contribution is 9.10. The van der Waals surface area contributed by atoms with Crippen LogP contribution in [0.15, 0.2) is 27.3 Å². The van der Waals surface area contributed by atoms with Gasteiger partial charge in [0, 0.05) is 36.8 Å². The Morgan fingerprint density at radius 2 is 2.21 bits per heavy atom. The van der Waals surface area contributed by atoms with Crippen LogP contribution in [0.1, 0.15) is 5.82 Å². The number of nitrogens with one attached hydrogen (secondary N) is 1. The molecule has 0 aromatic carbocycles. The van der Waals surface area contributed by atoms with Crippen LogP contribution in [0.5, 0.6) is 0 Å². The molecule has 19 heavy (non-hydrogen) atoms. The predicted octanol–water partition coefficient (Wildman–Crippen LogP) is 1.30. The molecule has 0 bridgehead atoms. The van der Waals surface area contributed by atoms with Crippen molar-refractivity contribution in [2.75, 3.05) is 26.2 Å². The van der Waals surface area contributed by atoms with Crippen LogP contribution in [0, 0.1) is 0 Å². The van der Waals surface area contributed by atoms with Gasteiger partial charge in [0.05, 0.1) is 6.54 Å². The van der Waals surface area contributed by atoms with E-state index < -0.39 is 0 Å². The Hall–Kier alpha value is -1.31. The fourth-order valence-corrected chi connectivity index (χ4v) is 2.45. The van der Waals surface area contributed by atoms with Gasteiger partial charge in [-0.25, -0.2) is 4.98 Å². The first-order valence-electron chi connectivity index (χ1n) is 6.19. The van der Waals surface area contributed by atoms with Gasteiger partial charge in [-0.05, 0) is 28.1 Å². The van der Waals surface area contributed by atoms with Gasteiger partial charge in [0.25, 0.3) is 5.89 Å². The lowest BCUT2D eigenvalue weighted by molar-refractivity contribution is 0.225. The number of pyridine rings is 1. The molecule has 0 amide bonds. The number of hydrogen-bond donors (Lipinski definition) is 1. The molecule has 2 aromatic rings. The van der Waals surface area contributed by atoms with E-state index in [0.717, 1.165) is 37.2 Å². The summed E-state index contributed by atoms with van der Waals surface area (Å²) in [6.07, 6.45) is 1.71. The first-order chi connectivity index (χ1) is 9.33. The van der Waals surface area contributed by atoms with Crippen LogP contribution in [0.3, 0.4) is 0 Å². The van der Waals surface area contributed by atoms with E-state index in [0.29, 0.717) is 17.4 Å². The Morgan fingerprint density at radius 1 is 1.37 bits per heavy atom. The van der Waals surface area contributed by atoms with E-state index >= 15 is 0 Å². The number of rotatable bonds is 3. The number of piperazine rings is 1. The molecule has 1 N–H and O–H groups in total. The highest BCUT2D eigenvalue weighted by Crippen LogP contribution is 2.23. The minimum Gasteiger partial charge on any atom is -0.332 e. The van der Waals surface area contributed by atoms with Crippen molar-refractivity contribution >= 4 is 15.9 Å². The predicted molar refractivity (Wildman–Crippen MR) is 73.4 cm³/mol. The Balaban J connectivity index is 1.74. The summed E-state index contributed by atoms with van der Waals surface area (Å²) in [5.41, 5.74) is 0.682. The van der Waals surface area contributed by atoms with Gasteiger partial charge >= 0.3 is 0 Å². The molecule has 3 heterocycles. The van der Waals surface area contributed by atoms with Crippen LogP contribution < -0.4 is 5.32 Å². The molecule has 0 spiro atoms. The van der Waals surface area contributed by atoms with E-state index in [9.17, 15) is 0 Å². The zero-order valence-electron chi connectivity index (χ0n) is 10.3. The lowest BCUT2D eigenvalue weighted by Crippen LogP contribution is -2.43. The molecule has 6 nitrogen and oxygen atoms in total. The first-order valence-corrected chi connectivity index (χ1v) is 6.99. The molecular weight excluding hydrogens is 310 g/mol. The van der Waals surface area contributed by atoms with E-state index in [1.165, 1.54) is 0 Å². The molecule has 0 aliphatic carbocycles. The van der Waals surface area contributed by atoms with Crippen molar-refractivity contribution < 1.29 is 4.52 Å². The summed E-state index contributed by atoms with van der Waals surface area (Å²) < 4.78 is 6.13. The largest absolute Gasteiger partial charge is 0.332 e. The van der Waals surface area contributed by atoms with Gasteiger partial charge in [0.1, 0.15) is 5.69 Å². The second-order valence-electron chi connectivity index (χ2n) is 4.38. The summed E-state index contributed by atoms with van der Waals surface area (Å²) in [4.78, 5) is 10.9. The summed E-state index contributed by atoms with van der Waals surface area (Å²) in [6, 6.07) is 3.76. The average Bonchev–Trinajstić information content (AvgIpc) is 2.89. The molecular formula is C12H14BrN5O. The lowest BCUT2D eigenvalue weighted by atomic mass is 10.3. The van der Waals surface area contributed by atoms with E-state index in [-0.39, 0.29) is 0 Å². The molecule has 0 atom stereocenters. The normalized spacial score (nSPS) is 16.7. The number of nitrogens with zero attached hydrogens (tertiary/aromatic N) is 4. The van der Waals surface area contributed by atoms with E-state index in [1.54, 1.807) is 6.20 Å². The van der Waals surface area contributed by atoms with Gasteiger partial charge in [-0.15, -0.1) is 0 Å². The molecule has 0 unspecified atom stereocenters. The van der Waals surface area contributed by atoms with Crippen LogP contribution in [0.4, 0.5) is 0 Å². The Morgan fingerprint density at radius 3 is 3.00 bits per heavy atom. The second kappa shape index (κ2) is 5.77. The van der Waals surface area contributed by atoms with Crippen molar-refractivity contribution in [1.82, 2.24) is 25.3 Å². The van der Waals surface area contributed by atoms with Crippen molar-refractivity contribution in [1.29, 1.82) is 0 Å². The smallest absolute Gasteiger partial charge is 0.277 e. The third kappa shape index (κ3) is 2.99. The van der Waals surface area contributed by atoms with Crippen molar-refractivity contribution in [3.63, 3.8) is 0 Å². The van der Waals surface area contributed by atoms with Gasteiger partial charge < -0.3 is 9.84 Å². The van der Waals surface area contributed by atoms with Crippen LogP contribution in [0.25, 0.3) is 11.6 Å². The minimum atomic E-state index is 0.456. The van der Waals surface area contributed by atoms with E-state index in [4.69, 9.17) is 4.52 Å². The lowest BCUT2D eigenvalue weighted by Gasteiger charge is -2.25. The van der Waals surface area contributed by atoms with Gasteiger partial charge in [-0.2, -0.15) is 4.98 Å². The zero-order valence-corrected chi connectivity index (χ0v) is 11.9. The fourth-order valence-electron chi connectivity index (χ4n) is 2.03. The number of halogens is 1. The van der Waals surface area contributed by atoms with Gasteiger partial charge in [0.2, 0.25) is 0 Å². The summed E-state index contributed by atoms with van der Waals surface area (Å²) >= 11 is 3.43. The Labute approximate surface area is 119 Å². The molecule has 7 heteroatoms. The number of hydrogen-bond acceptors (Lipinski definition) is 6. The molecule has 2 aromatic heterocycles. The second-order valence-corrected chi connectivity index (χ2v) is 5.23. The first kappa shape index (κ1) is 12.7. The Kier molecular flexibility index (Phi) is 3.86. The third-order valence-electron chi connectivity index (χ3n) is 3.00. The highest BCUT2D eigenvalue weighted by atomic mass is 79.9. The van der Waals surface area contributed by atoms with E-state index in [1.807, 2.05) is 12.1 Å². The standard InChI is InChI=1S/C12H14BrN5O/c13-9-2-1-3-15-11(9)12-16-10(17-19-12)8-18-6-4-14-5-7-18/h1-3,14H,4-8H2. The molecule has 1 aliphatic heterocycles. The van der Waals surface area contributed by atoms with Gasteiger partial charge in [-0.3, -0.25) is 4.90 Å². The average molecular weight is 324 g/mol. The molecule has 100 valence electrons. The van der Waals surface area contributed by atoms with Crippen LogP contribution in [-0.2, 0) is 6.54 Å². The molecule has 1 aliphatic rings. The summed E-state index contributed by atoms with van der Waals surface area (Å²) in [5.74, 6) is 1.16. The SMILES string of the molecule is Brc1cccnc1-c1nc(CN2CCNCC2)no1. The van der Waals surface area contributed by atoms with Gasteiger partial charge in [-0.1, -0.05) is 5.16 Å². The van der Waals surface area contributed by atoms with E-state index in [2.05, 4.69) is 41.3 Å². The van der Waals surface area contributed by atoms with Crippen LogP contribution in [0.2, 0.25) is 0 Å². The molecule has 3 rings (SSSR count). The summed E-state index contributed by atoms with van der Waals surface area (Å²) in [7, 11) is 0. The maximum absolute atomic E-state index is 5.28. The van der Waals surface area contributed by atoms with Crippen molar-refractivity contribution in [3.05, 3.63) is 28.6 Å². The molecule has 1 fully saturated rings. The van der Waals surface area contributed by atoms with Crippen molar-refractivity contribution in [3.8, 4) is 11.6 Å². The third-order valence-corrected chi connectivity index (χ3v) is 3.64. The monoisotopic (exact) mass is 323 g/mol. The van der Waals surface area contributed by atoms with Crippen molar-refractivity contribution in [2.45, 2.75) is 6.54 Å². The minimum absolute atomic E-state index is 0.456. The van der Waals surface area contributed by atoms with Crippen molar-refractivity contribution in [2.24, 2.45) is 0 Å². The number of aromatic nitrogens is 3. The fraction of sp³-hybridized carbons (Fsp3) is 0.417. The zero-order chi connectivity index (χ0) is 13.1. The van der Waals surface area contributed by atoms with Gasteiger partial charge in [0.15, 0.2) is 5.82 Å². The summed E-state index contributed by atoms with van der Waals surface area (Å²) in [5, 5.41) is 7.34. The maximum atomic E-state index is 5.28. The maximum Gasteiger partial charge on any atom is 0.277 e. The quantitative estimate of drug-likeness (QED) is 0.918. The topological polar surface area (TPSA) is 67.1 Å². The van der Waals surface area contributed by atoms with Crippen LogP contribution in [-0.4, -0.2) is 46.2 Å². The van der Waals surface area contributed by atoms with Crippen LogP contribution >= 0.6 is 15.9 Å². The summed E-state index contributed by atoms with van der Waals surface area (Å²) in [6.45, 7) is 4.76. The molecule has 1 saturated heterocycles. The Bertz CT molecular complexity index is 553. The highest BCUT2D eigenvalue weighted by Gasteiger charge is 2.16.